The Hall–Kier alpha value is -2.71. The number of rotatable bonds is 8. The summed E-state index contributed by atoms with van der Waals surface area (Å²) in [6.45, 7) is 6.48. The number of hydrogen-bond acceptors (Lipinski definition) is 8. The molecule has 1 atom stereocenters. The monoisotopic (exact) mass is 441 g/mol. The number of nitrogens with zero attached hydrogens (tertiary/aromatic N) is 4. The highest BCUT2D eigenvalue weighted by molar-refractivity contribution is 5.91. The normalized spacial score (nSPS) is 17.1. The van der Waals surface area contributed by atoms with Gasteiger partial charge in [-0.05, 0) is 44.0 Å². The quantitative estimate of drug-likeness (QED) is 0.668. The largest absolute Gasteiger partial charge is 0.458 e. The molecule has 1 fully saturated rings. The molecule has 8 nitrogen and oxygen atoms in total. The van der Waals surface area contributed by atoms with Crippen LogP contribution in [0.5, 0.6) is 6.01 Å². The summed E-state index contributed by atoms with van der Waals surface area (Å²) in [7, 11) is 1.62. The molecule has 0 radical (unpaired) electrons. The van der Waals surface area contributed by atoms with Gasteiger partial charge in [0.15, 0.2) is 5.78 Å². The number of aromatic nitrogens is 2. The van der Waals surface area contributed by atoms with E-state index >= 15 is 0 Å². The van der Waals surface area contributed by atoms with Gasteiger partial charge in [-0.2, -0.15) is 9.97 Å². The van der Waals surface area contributed by atoms with E-state index in [2.05, 4.69) is 39.1 Å². The number of methoxy groups -OCH3 is 1. The average Bonchev–Trinajstić information content (AvgIpc) is 3.22. The van der Waals surface area contributed by atoms with Gasteiger partial charge >= 0.3 is 6.01 Å². The minimum absolute atomic E-state index is 0. The predicted molar refractivity (Wildman–Crippen MR) is 126 cm³/mol. The van der Waals surface area contributed by atoms with Gasteiger partial charge < -0.3 is 20.1 Å². The molecular formula is C24H35N5O3. The maximum atomic E-state index is 12.4. The molecule has 4 rings (SSSR count). The Morgan fingerprint density at radius 2 is 1.88 bits per heavy atom. The van der Waals surface area contributed by atoms with Crippen molar-refractivity contribution >= 4 is 17.4 Å². The summed E-state index contributed by atoms with van der Waals surface area (Å²) < 4.78 is 10.9. The number of likely N-dealkylation sites (tertiary alicyclic amines) is 1. The van der Waals surface area contributed by atoms with E-state index in [9.17, 15) is 4.79 Å². The fourth-order valence-corrected chi connectivity index (χ4v) is 4.32. The molecule has 0 spiro atoms. The third-order valence-corrected chi connectivity index (χ3v) is 5.72. The molecule has 2 aliphatic heterocycles. The zero-order valence-corrected chi connectivity index (χ0v) is 18.3. The summed E-state index contributed by atoms with van der Waals surface area (Å²) in [5, 5.41) is 0. The Bertz CT molecular complexity index is 930. The van der Waals surface area contributed by atoms with Gasteiger partial charge in [0.25, 0.3) is 0 Å². The molecule has 0 unspecified atom stereocenters. The van der Waals surface area contributed by atoms with Gasteiger partial charge in [-0.15, -0.1) is 0 Å². The highest BCUT2D eigenvalue weighted by atomic mass is 16.5. The number of nitrogens with two attached hydrogens (primary N) is 1. The van der Waals surface area contributed by atoms with E-state index in [0.29, 0.717) is 36.9 Å². The van der Waals surface area contributed by atoms with Crippen molar-refractivity contribution in [2.75, 3.05) is 44.0 Å². The van der Waals surface area contributed by atoms with Crippen LogP contribution in [0.3, 0.4) is 0 Å². The van der Waals surface area contributed by atoms with Crippen LogP contribution in [0.4, 0.5) is 11.6 Å². The first-order chi connectivity index (χ1) is 15.0. The van der Waals surface area contributed by atoms with Crippen molar-refractivity contribution in [1.82, 2.24) is 14.9 Å². The minimum Gasteiger partial charge on any atom is -0.458 e. The summed E-state index contributed by atoms with van der Waals surface area (Å²) in [4.78, 5) is 25.7. The Labute approximate surface area is 190 Å². The first kappa shape index (κ1) is 23.9. The molecule has 8 heteroatoms. The lowest BCUT2D eigenvalue weighted by molar-refractivity contribution is -0.117. The van der Waals surface area contributed by atoms with E-state index in [-0.39, 0.29) is 31.7 Å². The number of ketones is 1. The van der Waals surface area contributed by atoms with E-state index < -0.39 is 0 Å². The molecule has 1 saturated heterocycles. The number of nitrogen functional groups attached to an aromatic ring is 1. The summed E-state index contributed by atoms with van der Waals surface area (Å²) in [6, 6.07) is 8.78. The van der Waals surface area contributed by atoms with Crippen molar-refractivity contribution in [2.24, 2.45) is 0 Å². The molecule has 0 bridgehead atoms. The second kappa shape index (κ2) is 10.7. The number of carbonyl (C=O) groups excluding carboxylic acids is 1. The summed E-state index contributed by atoms with van der Waals surface area (Å²) in [5.41, 5.74) is 9.29. The molecule has 32 heavy (non-hydrogen) atoms. The molecule has 1 aromatic heterocycles. The number of Topliss-reactive ketones (excluding diaryl/α,β-unsaturated/α-hetero) is 1. The smallest absolute Gasteiger partial charge is 0.320 e. The van der Waals surface area contributed by atoms with E-state index in [1.54, 1.807) is 7.11 Å². The molecule has 3 heterocycles. The maximum Gasteiger partial charge on any atom is 0.320 e. The standard InChI is InChI=1S/C23H31N5O3.CH4/c1-16(15-30-2)31-23-25-21(24)20-11-19(29)14-28(22(20)26-23)13-18-7-5-6-17(10-18)12-27-8-3-4-9-27;/h5-7,10,16H,3-4,8-9,11-15H2,1-2H3,(H2,24,25,26);1H4/t16-;/m0./s1. The number of benzene rings is 1. The summed E-state index contributed by atoms with van der Waals surface area (Å²) in [6.07, 6.45) is 2.60. The minimum atomic E-state index is -0.205. The van der Waals surface area contributed by atoms with Gasteiger partial charge in [0, 0.05) is 32.2 Å². The van der Waals surface area contributed by atoms with Gasteiger partial charge in [-0.1, -0.05) is 31.7 Å². The predicted octanol–water partition coefficient (Wildman–Crippen LogP) is 2.84. The van der Waals surface area contributed by atoms with Crippen LogP contribution in [0, 0.1) is 0 Å². The van der Waals surface area contributed by atoms with Crippen LogP contribution in [0.15, 0.2) is 24.3 Å². The van der Waals surface area contributed by atoms with Crippen molar-refractivity contribution in [3.8, 4) is 6.01 Å². The average molecular weight is 442 g/mol. The highest BCUT2D eigenvalue weighted by Crippen LogP contribution is 2.31. The molecule has 2 aromatic rings. The molecule has 2 N–H and O–H groups in total. The SMILES string of the molecule is C.COC[C@H](C)Oc1nc(N)c2c(n1)N(Cc1cccc(CN3CCCC3)c1)CC(=O)C2. The Morgan fingerprint density at radius 1 is 1.16 bits per heavy atom. The first-order valence-electron chi connectivity index (χ1n) is 10.9. The van der Waals surface area contributed by atoms with E-state index in [0.717, 1.165) is 12.1 Å². The number of anilines is 2. The molecule has 174 valence electrons. The van der Waals surface area contributed by atoms with E-state index in [1.165, 1.54) is 31.5 Å². The van der Waals surface area contributed by atoms with Crippen LogP contribution in [0.1, 0.15) is 43.9 Å². The number of ether oxygens (including phenoxy) is 2. The van der Waals surface area contributed by atoms with Crippen LogP contribution >= 0.6 is 0 Å². The van der Waals surface area contributed by atoms with E-state index in [1.807, 2.05) is 11.8 Å². The second-order valence-electron chi connectivity index (χ2n) is 8.45. The van der Waals surface area contributed by atoms with Gasteiger partial charge in [0.05, 0.1) is 13.2 Å². The van der Waals surface area contributed by atoms with Crippen LogP contribution in [-0.4, -0.2) is 60.1 Å². The maximum absolute atomic E-state index is 12.4. The Kier molecular flexibility index (Phi) is 8.04. The molecule has 0 saturated carbocycles. The molecule has 2 aliphatic rings. The van der Waals surface area contributed by atoms with Gasteiger partial charge in [-0.25, -0.2) is 0 Å². The highest BCUT2D eigenvalue weighted by Gasteiger charge is 2.28. The van der Waals surface area contributed by atoms with E-state index in [4.69, 9.17) is 15.2 Å². The molecule has 0 aliphatic carbocycles. The number of carbonyl (C=O) groups is 1. The van der Waals surface area contributed by atoms with Gasteiger partial charge in [-0.3, -0.25) is 9.69 Å². The van der Waals surface area contributed by atoms with Crippen molar-refractivity contribution in [1.29, 1.82) is 0 Å². The van der Waals surface area contributed by atoms with Gasteiger partial charge in [0.2, 0.25) is 0 Å². The lowest BCUT2D eigenvalue weighted by Crippen LogP contribution is -2.37. The number of fused-ring (bicyclic) bond motifs is 1. The van der Waals surface area contributed by atoms with Crippen LogP contribution in [0.25, 0.3) is 0 Å². The zero-order valence-electron chi connectivity index (χ0n) is 18.3. The van der Waals surface area contributed by atoms with Crippen LogP contribution in [-0.2, 0) is 29.0 Å². The Balaban J connectivity index is 0.00000289. The fourth-order valence-electron chi connectivity index (χ4n) is 4.32. The lowest BCUT2D eigenvalue weighted by atomic mass is 10.0. The zero-order chi connectivity index (χ0) is 21.8. The molecule has 1 aromatic carbocycles. The number of hydrogen-bond donors (Lipinski definition) is 1. The second-order valence-corrected chi connectivity index (χ2v) is 8.45. The van der Waals surface area contributed by atoms with Crippen molar-refractivity contribution < 1.29 is 14.3 Å². The molecule has 0 amide bonds. The third-order valence-electron chi connectivity index (χ3n) is 5.72. The third kappa shape index (κ3) is 5.75. The van der Waals surface area contributed by atoms with Crippen molar-refractivity contribution in [3.05, 3.63) is 41.0 Å². The summed E-state index contributed by atoms with van der Waals surface area (Å²) in [5.74, 6) is 1.08. The van der Waals surface area contributed by atoms with Gasteiger partial charge in [0.1, 0.15) is 17.7 Å². The first-order valence-corrected chi connectivity index (χ1v) is 10.9. The Morgan fingerprint density at radius 3 is 2.59 bits per heavy atom. The van der Waals surface area contributed by atoms with Crippen LogP contribution < -0.4 is 15.4 Å². The van der Waals surface area contributed by atoms with Crippen LogP contribution in [0.2, 0.25) is 0 Å². The fraction of sp³-hybridized carbons (Fsp3) is 0.542. The van der Waals surface area contributed by atoms with Crippen molar-refractivity contribution in [3.63, 3.8) is 0 Å². The lowest BCUT2D eigenvalue weighted by Gasteiger charge is -2.30. The van der Waals surface area contributed by atoms with Crippen molar-refractivity contribution in [2.45, 2.75) is 52.8 Å². The topological polar surface area (TPSA) is 93.8 Å². The molecular weight excluding hydrogens is 406 g/mol. The summed E-state index contributed by atoms with van der Waals surface area (Å²) >= 11 is 0.